The van der Waals surface area contributed by atoms with Gasteiger partial charge in [-0.1, -0.05) is 48.5 Å². The van der Waals surface area contributed by atoms with Crippen LogP contribution in [-0.4, -0.2) is 27.4 Å². The molecule has 1 aliphatic rings. The predicted octanol–water partition coefficient (Wildman–Crippen LogP) is 4.81. The zero-order chi connectivity index (χ0) is 21.5. The molecule has 3 aromatic carbocycles. The van der Waals surface area contributed by atoms with Gasteiger partial charge < -0.3 is 4.90 Å². The molecule has 0 saturated carbocycles. The smallest absolute Gasteiger partial charge is 0.263 e. The molecule has 1 atom stereocenters. The Balaban J connectivity index is 1.62. The SMILES string of the molecule is CC(C)N1C(=O)C(Cc2nc3ccccc3n2C(=O)c2ccccc2)c2ccccc21. The van der Waals surface area contributed by atoms with E-state index in [0.717, 1.165) is 22.3 Å². The number of carbonyl (C=O) groups excluding carboxylic acids is 2. The molecule has 2 heterocycles. The first-order chi connectivity index (χ1) is 15.1. The Morgan fingerprint density at radius 2 is 1.61 bits per heavy atom. The Labute approximate surface area is 180 Å². The van der Waals surface area contributed by atoms with Gasteiger partial charge in [0.2, 0.25) is 5.91 Å². The van der Waals surface area contributed by atoms with Gasteiger partial charge in [0.1, 0.15) is 5.82 Å². The summed E-state index contributed by atoms with van der Waals surface area (Å²) in [6.45, 7) is 4.04. The van der Waals surface area contributed by atoms with Crippen molar-refractivity contribution in [2.24, 2.45) is 0 Å². The molecule has 0 fully saturated rings. The summed E-state index contributed by atoms with van der Waals surface area (Å²) in [5.74, 6) is 0.164. The minimum Gasteiger partial charge on any atom is -0.309 e. The van der Waals surface area contributed by atoms with E-state index < -0.39 is 0 Å². The van der Waals surface area contributed by atoms with Crippen LogP contribution in [0.4, 0.5) is 5.69 Å². The third-order valence-corrected chi connectivity index (χ3v) is 5.86. The van der Waals surface area contributed by atoms with Crippen molar-refractivity contribution in [1.82, 2.24) is 9.55 Å². The van der Waals surface area contributed by atoms with Gasteiger partial charge in [-0.05, 0) is 49.7 Å². The lowest BCUT2D eigenvalue weighted by molar-refractivity contribution is -0.119. The van der Waals surface area contributed by atoms with E-state index in [2.05, 4.69) is 0 Å². The highest BCUT2D eigenvalue weighted by molar-refractivity contribution is 6.06. The second kappa shape index (κ2) is 7.51. The van der Waals surface area contributed by atoms with Crippen molar-refractivity contribution in [2.75, 3.05) is 4.90 Å². The Kier molecular flexibility index (Phi) is 4.66. The zero-order valence-corrected chi connectivity index (χ0v) is 17.5. The van der Waals surface area contributed by atoms with E-state index in [1.807, 2.05) is 85.5 Å². The molecule has 1 aliphatic heterocycles. The molecule has 0 aliphatic carbocycles. The van der Waals surface area contributed by atoms with Gasteiger partial charge in [-0.3, -0.25) is 14.2 Å². The molecule has 5 rings (SSSR count). The molecule has 1 unspecified atom stereocenters. The molecular weight excluding hydrogens is 386 g/mol. The van der Waals surface area contributed by atoms with Crippen molar-refractivity contribution in [3.05, 3.63) is 95.8 Å². The second-order valence-corrected chi connectivity index (χ2v) is 8.14. The van der Waals surface area contributed by atoms with E-state index in [1.165, 1.54) is 0 Å². The number of nitrogens with zero attached hydrogens (tertiary/aromatic N) is 3. The normalized spacial score (nSPS) is 15.6. The number of rotatable bonds is 4. The van der Waals surface area contributed by atoms with Gasteiger partial charge in [-0.15, -0.1) is 0 Å². The highest BCUT2D eigenvalue weighted by Crippen LogP contribution is 2.40. The van der Waals surface area contributed by atoms with Gasteiger partial charge in [0.15, 0.2) is 0 Å². The van der Waals surface area contributed by atoms with Gasteiger partial charge in [-0.2, -0.15) is 0 Å². The minimum atomic E-state index is -0.363. The fourth-order valence-corrected chi connectivity index (χ4v) is 4.48. The largest absolute Gasteiger partial charge is 0.309 e. The third-order valence-electron chi connectivity index (χ3n) is 5.86. The lowest BCUT2D eigenvalue weighted by Crippen LogP contribution is -2.35. The van der Waals surface area contributed by atoms with Crippen molar-refractivity contribution in [2.45, 2.75) is 32.2 Å². The predicted molar refractivity (Wildman–Crippen MR) is 121 cm³/mol. The Hall–Kier alpha value is -3.73. The van der Waals surface area contributed by atoms with Crippen LogP contribution in [0.5, 0.6) is 0 Å². The standard InChI is InChI=1S/C26H23N3O2/c1-17(2)28-22-14-8-6-12-19(22)20(26(28)31)16-24-27-21-13-7-9-15-23(21)29(24)25(30)18-10-4-3-5-11-18/h3-15,17,20H,16H2,1-2H3. The number of aromatic nitrogens is 2. The van der Waals surface area contributed by atoms with Crippen LogP contribution in [0.25, 0.3) is 11.0 Å². The molecule has 0 saturated heterocycles. The Morgan fingerprint density at radius 1 is 0.935 bits per heavy atom. The number of anilines is 1. The van der Waals surface area contributed by atoms with E-state index >= 15 is 0 Å². The number of fused-ring (bicyclic) bond motifs is 2. The number of para-hydroxylation sites is 3. The Morgan fingerprint density at radius 3 is 2.39 bits per heavy atom. The van der Waals surface area contributed by atoms with Crippen molar-refractivity contribution in [3.63, 3.8) is 0 Å². The number of imidazole rings is 1. The molecule has 5 heteroatoms. The van der Waals surface area contributed by atoms with Crippen molar-refractivity contribution < 1.29 is 9.59 Å². The zero-order valence-electron chi connectivity index (χ0n) is 17.5. The molecule has 31 heavy (non-hydrogen) atoms. The molecule has 0 spiro atoms. The van der Waals surface area contributed by atoms with Crippen molar-refractivity contribution >= 4 is 28.5 Å². The van der Waals surface area contributed by atoms with Crippen molar-refractivity contribution in [3.8, 4) is 0 Å². The van der Waals surface area contributed by atoms with Crippen LogP contribution in [0.1, 0.15) is 41.5 Å². The van der Waals surface area contributed by atoms with Crippen LogP contribution < -0.4 is 4.90 Å². The Bertz CT molecular complexity index is 1290. The summed E-state index contributed by atoms with van der Waals surface area (Å²) in [5, 5.41) is 0. The third kappa shape index (κ3) is 3.13. The van der Waals surface area contributed by atoms with Crippen LogP contribution in [-0.2, 0) is 11.2 Å². The second-order valence-electron chi connectivity index (χ2n) is 8.14. The summed E-state index contributed by atoms with van der Waals surface area (Å²) in [4.78, 5) is 33.4. The van der Waals surface area contributed by atoms with Gasteiger partial charge in [0.05, 0.1) is 17.0 Å². The molecule has 1 amide bonds. The topological polar surface area (TPSA) is 55.2 Å². The molecule has 154 valence electrons. The average molecular weight is 409 g/mol. The van der Waals surface area contributed by atoms with Crippen LogP contribution in [0, 0.1) is 0 Å². The minimum absolute atomic E-state index is 0.0574. The molecule has 0 radical (unpaired) electrons. The molecular formula is C26H23N3O2. The maximum atomic E-state index is 13.4. The fraction of sp³-hybridized carbons (Fsp3) is 0.192. The van der Waals surface area contributed by atoms with Gasteiger partial charge >= 0.3 is 0 Å². The molecule has 0 bridgehead atoms. The first-order valence-electron chi connectivity index (χ1n) is 10.5. The number of hydrogen-bond donors (Lipinski definition) is 0. The molecule has 0 N–H and O–H groups in total. The summed E-state index contributed by atoms with van der Waals surface area (Å²) in [5.41, 5.74) is 4.04. The first-order valence-corrected chi connectivity index (χ1v) is 10.5. The number of hydrogen-bond acceptors (Lipinski definition) is 3. The highest BCUT2D eigenvalue weighted by Gasteiger charge is 2.39. The van der Waals surface area contributed by atoms with Crippen molar-refractivity contribution in [1.29, 1.82) is 0 Å². The van der Waals surface area contributed by atoms with Gasteiger partial charge in [0, 0.05) is 23.7 Å². The average Bonchev–Trinajstić information content (AvgIpc) is 3.29. The quantitative estimate of drug-likeness (QED) is 0.486. The fourth-order valence-electron chi connectivity index (χ4n) is 4.48. The van der Waals surface area contributed by atoms with Crippen LogP contribution in [0.2, 0.25) is 0 Å². The van der Waals surface area contributed by atoms with Crippen LogP contribution in [0.3, 0.4) is 0 Å². The summed E-state index contributed by atoms with van der Waals surface area (Å²) in [7, 11) is 0. The number of amides is 1. The number of carbonyl (C=O) groups is 2. The summed E-state index contributed by atoms with van der Waals surface area (Å²) in [6.07, 6.45) is 0.367. The van der Waals surface area contributed by atoms with Crippen LogP contribution in [0.15, 0.2) is 78.9 Å². The van der Waals surface area contributed by atoms with E-state index in [9.17, 15) is 9.59 Å². The lowest BCUT2D eigenvalue weighted by Gasteiger charge is -2.22. The van der Waals surface area contributed by atoms with E-state index in [1.54, 1.807) is 16.7 Å². The van der Waals surface area contributed by atoms with E-state index in [4.69, 9.17) is 4.98 Å². The maximum Gasteiger partial charge on any atom is 0.263 e. The molecule has 4 aromatic rings. The van der Waals surface area contributed by atoms with E-state index in [0.29, 0.717) is 17.8 Å². The van der Waals surface area contributed by atoms with E-state index in [-0.39, 0.29) is 23.8 Å². The summed E-state index contributed by atoms with van der Waals surface area (Å²) >= 11 is 0. The number of benzene rings is 3. The monoisotopic (exact) mass is 409 g/mol. The summed E-state index contributed by atoms with van der Waals surface area (Å²) < 4.78 is 1.67. The van der Waals surface area contributed by atoms with Gasteiger partial charge in [0.25, 0.3) is 5.91 Å². The van der Waals surface area contributed by atoms with Gasteiger partial charge in [-0.25, -0.2) is 4.98 Å². The maximum absolute atomic E-state index is 13.4. The first kappa shape index (κ1) is 19.2. The molecule has 1 aromatic heterocycles. The molecule has 5 nitrogen and oxygen atoms in total. The van der Waals surface area contributed by atoms with Crippen LogP contribution >= 0.6 is 0 Å². The summed E-state index contributed by atoms with van der Waals surface area (Å²) in [6, 6.07) is 24.8. The lowest BCUT2D eigenvalue weighted by atomic mass is 9.97. The highest BCUT2D eigenvalue weighted by atomic mass is 16.2.